The van der Waals surface area contributed by atoms with Crippen LogP contribution in [0.2, 0.25) is 0 Å². The molecule has 4 unspecified atom stereocenters. The van der Waals surface area contributed by atoms with Crippen molar-refractivity contribution in [2.45, 2.75) is 48.9 Å². The molecule has 3 aromatic rings. The molecule has 2 fully saturated rings. The number of sulfonamides is 1. The highest BCUT2D eigenvalue weighted by Crippen LogP contribution is 2.46. The number of nitrogens with zero attached hydrogens (tertiary/aromatic N) is 5. The molecule has 2 aromatic carbocycles. The maximum absolute atomic E-state index is 15.6. The molecule has 14 nitrogen and oxygen atoms in total. The van der Waals surface area contributed by atoms with Gasteiger partial charge in [-0.3, -0.25) is 4.90 Å². The Hall–Kier alpha value is -4.75. The van der Waals surface area contributed by atoms with Gasteiger partial charge in [-0.2, -0.15) is 18.5 Å². The van der Waals surface area contributed by atoms with Crippen LogP contribution in [0.1, 0.15) is 43.0 Å². The molecule has 4 atom stereocenters. The number of carbonyl (C=O) groups is 2. The maximum atomic E-state index is 15.6. The van der Waals surface area contributed by atoms with Crippen LogP contribution in [0, 0.1) is 11.3 Å². The van der Waals surface area contributed by atoms with Gasteiger partial charge in [0.05, 0.1) is 33.4 Å². The van der Waals surface area contributed by atoms with Crippen molar-refractivity contribution in [1.82, 2.24) is 14.8 Å². The van der Waals surface area contributed by atoms with E-state index >= 15 is 13.2 Å². The molecule has 0 saturated carbocycles. The molecule has 0 spiro atoms. The predicted molar refractivity (Wildman–Crippen MR) is 181 cm³/mol. The van der Waals surface area contributed by atoms with Crippen LogP contribution in [-0.2, 0) is 19.6 Å². The van der Waals surface area contributed by atoms with Gasteiger partial charge in [0, 0.05) is 35.1 Å². The van der Waals surface area contributed by atoms with Crippen molar-refractivity contribution in [2.24, 2.45) is 0 Å². The number of imide groups is 1. The number of rotatable bonds is 9. The number of piperazine rings is 1. The molecule has 50 heavy (non-hydrogen) atoms. The van der Waals surface area contributed by atoms with E-state index in [9.17, 15) is 10.1 Å². The van der Waals surface area contributed by atoms with Gasteiger partial charge >= 0.3 is 22.0 Å². The molecule has 3 aliphatic heterocycles. The third-order valence-electron chi connectivity index (χ3n) is 9.70. The number of ether oxygens (including phenoxy) is 4. The molecular formula is C35H41N6O8S+. The summed E-state index contributed by atoms with van der Waals surface area (Å²) in [7, 11) is -0.375. The van der Waals surface area contributed by atoms with E-state index in [-0.39, 0.29) is 36.4 Å². The van der Waals surface area contributed by atoms with Gasteiger partial charge in [-0.05, 0) is 74.1 Å². The Morgan fingerprint density at radius 3 is 2.52 bits per heavy atom. The number of anilines is 1. The zero-order chi connectivity index (χ0) is 35.6. The zero-order valence-corrected chi connectivity index (χ0v) is 29.3. The van der Waals surface area contributed by atoms with E-state index in [4.69, 9.17) is 18.9 Å². The van der Waals surface area contributed by atoms with Crippen molar-refractivity contribution in [3.05, 3.63) is 71.9 Å². The minimum absolute atomic E-state index is 0.102. The molecule has 0 bridgehead atoms. The number of fused-ring (bicyclic) bond motifs is 1. The van der Waals surface area contributed by atoms with Crippen LogP contribution >= 0.6 is 0 Å². The molecule has 3 aliphatic rings. The molecule has 1 N–H and O–H groups in total. The molecule has 6 rings (SSSR count). The zero-order valence-electron chi connectivity index (χ0n) is 28.4. The number of nitrogens with one attached hydrogen (secondary N) is 1. The quantitative estimate of drug-likeness (QED) is 0.320. The number of carbonyl (C=O) groups excluding carboxylic acids is 2. The lowest BCUT2D eigenvalue weighted by Crippen LogP contribution is -2.73. The number of pyridine rings is 1. The third-order valence-corrected chi connectivity index (χ3v) is 11.9. The summed E-state index contributed by atoms with van der Waals surface area (Å²) in [6, 6.07) is 13.8. The number of quaternary nitrogens is 1. The van der Waals surface area contributed by atoms with E-state index in [0.29, 0.717) is 37.2 Å². The van der Waals surface area contributed by atoms with Crippen molar-refractivity contribution in [1.29, 1.82) is 5.26 Å². The molecular weight excluding hydrogens is 664 g/mol. The Labute approximate surface area is 291 Å². The Morgan fingerprint density at radius 2 is 1.82 bits per heavy atom. The summed E-state index contributed by atoms with van der Waals surface area (Å²) in [6.45, 7) is 2.81. The Kier molecular flexibility index (Phi) is 9.99. The number of amides is 2. The minimum atomic E-state index is -5.07. The van der Waals surface area contributed by atoms with E-state index in [2.05, 4.69) is 21.3 Å². The molecule has 0 radical (unpaired) electrons. The minimum Gasteiger partial charge on any atom is -0.497 e. The lowest BCUT2D eigenvalue weighted by atomic mass is 9.92. The molecule has 2 amide bonds. The van der Waals surface area contributed by atoms with E-state index in [0.717, 1.165) is 5.69 Å². The van der Waals surface area contributed by atoms with Gasteiger partial charge in [-0.1, -0.05) is 18.2 Å². The van der Waals surface area contributed by atoms with Gasteiger partial charge in [-0.15, -0.1) is 0 Å². The highest BCUT2D eigenvalue weighted by atomic mass is 32.2. The first-order valence-electron chi connectivity index (χ1n) is 16.5. The number of piperidine rings is 1. The number of para-hydroxylation sites is 1. The third kappa shape index (κ3) is 5.91. The Morgan fingerprint density at radius 1 is 1.08 bits per heavy atom. The van der Waals surface area contributed by atoms with Crippen molar-refractivity contribution in [2.75, 3.05) is 59.4 Å². The van der Waals surface area contributed by atoms with E-state index in [1.807, 2.05) is 19.2 Å². The number of hydrogen-bond donors (Lipinski definition) is 1. The van der Waals surface area contributed by atoms with Crippen LogP contribution in [0.5, 0.6) is 17.4 Å². The van der Waals surface area contributed by atoms with Crippen molar-refractivity contribution in [3.8, 4) is 23.4 Å². The predicted octanol–water partition coefficient (Wildman–Crippen LogP) is 3.88. The standard InChI is InChI=1S/C35H41N6O8S/c1-5-48-33-27(10-8-16-37-33)32-34(42)41(22-24(20-36)40(32)23-14-17-39(2)18-15-23,35(43)49-30-21-38-28-11-7-6-9-26(28)30)50(44,45)31-13-12-25(46-3)19-29(31)47-4/h6-13,16,19,23-24,30,32,38H,5,14-15,17-18,21-22H2,1-4H3/q+1. The molecule has 4 heterocycles. The fourth-order valence-electron chi connectivity index (χ4n) is 7.16. The van der Waals surface area contributed by atoms with Gasteiger partial charge in [0.1, 0.15) is 18.0 Å². The number of methoxy groups -OCH3 is 2. The van der Waals surface area contributed by atoms with Gasteiger partial charge in [0.25, 0.3) is 0 Å². The number of likely N-dealkylation sites (tertiary alicyclic amines) is 1. The van der Waals surface area contributed by atoms with Crippen LogP contribution in [0.15, 0.2) is 65.7 Å². The second-order valence-corrected chi connectivity index (χ2v) is 14.5. The summed E-state index contributed by atoms with van der Waals surface area (Å²) in [5.41, 5.74) is 1.60. The van der Waals surface area contributed by atoms with Crippen LogP contribution in [0.25, 0.3) is 0 Å². The Balaban J connectivity index is 1.58. The summed E-state index contributed by atoms with van der Waals surface area (Å²) >= 11 is 0. The first-order valence-corrected chi connectivity index (χ1v) is 17.9. The number of hydrogen-bond acceptors (Lipinski definition) is 13. The monoisotopic (exact) mass is 705 g/mol. The van der Waals surface area contributed by atoms with E-state index < -0.39 is 55.5 Å². The summed E-state index contributed by atoms with van der Waals surface area (Å²) in [4.78, 5) is 38.3. The fourth-order valence-corrected chi connectivity index (χ4v) is 9.05. The average Bonchev–Trinajstić information content (AvgIpc) is 3.54. The second kappa shape index (κ2) is 14.2. The van der Waals surface area contributed by atoms with Crippen LogP contribution in [-0.4, -0.2) is 105 Å². The Bertz CT molecular complexity index is 1910. The van der Waals surface area contributed by atoms with E-state index in [1.54, 1.807) is 36.1 Å². The average molecular weight is 706 g/mol. The SMILES string of the molecule is CCOc1ncccc1C1C(=O)[N+](C(=O)OC2CNc3ccccc32)(S(=O)(=O)c2ccc(OC)cc2OC)CC(C#N)N1C1CCN(C)CC1. The van der Waals surface area contributed by atoms with Crippen LogP contribution < -0.4 is 19.5 Å². The maximum Gasteiger partial charge on any atom is 0.540 e. The molecule has 2 saturated heterocycles. The van der Waals surface area contributed by atoms with Crippen LogP contribution in [0.4, 0.5) is 10.5 Å². The first kappa shape index (κ1) is 35.1. The largest absolute Gasteiger partial charge is 0.540 e. The summed E-state index contributed by atoms with van der Waals surface area (Å²) in [5.74, 6) is -0.753. The van der Waals surface area contributed by atoms with E-state index in [1.165, 1.54) is 38.6 Å². The number of benzene rings is 2. The van der Waals surface area contributed by atoms with Gasteiger partial charge < -0.3 is 29.2 Å². The molecule has 15 heteroatoms. The highest BCUT2D eigenvalue weighted by Gasteiger charge is 2.68. The summed E-state index contributed by atoms with van der Waals surface area (Å²) in [6.07, 6.45) is 0.487. The summed E-state index contributed by atoms with van der Waals surface area (Å²) < 4.78 is 51.4. The first-order chi connectivity index (χ1) is 24.1. The summed E-state index contributed by atoms with van der Waals surface area (Å²) in [5, 5.41) is 14.0. The topological polar surface area (TPSA) is 160 Å². The molecule has 1 aromatic heterocycles. The number of nitriles is 1. The molecule has 0 aliphatic carbocycles. The van der Waals surface area contributed by atoms with Crippen molar-refractivity contribution >= 4 is 27.7 Å². The van der Waals surface area contributed by atoms with Gasteiger partial charge in [0.15, 0.2) is 23.1 Å². The normalized spacial score (nSPS) is 24.5. The second-order valence-electron chi connectivity index (χ2n) is 12.5. The lowest BCUT2D eigenvalue weighted by Gasteiger charge is -2.48. The van der Waals surface area contributed by atoms with Gasteiger partial charge in [-0.25, -0.2) is 9.78 Å². The highest BCUT2D eigenvalue weighted by molar-refractivity contribution is 7.86. The smallest absolute Gasteiger partial charge is 0.497 e. The lowest BCUT2D eigenvalue weighted by molar-refractivity contribution is -0.666. The van der Waals surface area contributed by atoms with Crippen LogP contribution in [0.3, 0.4) is 0 Å². The molecule has 264 valence electrons. The van der Waals surface area contributed by atoms with Crippen molar-refractivity contribution < 1.29 is 40.8 Å². The van der Waals surface area contributed by atoms with Crippen molar-refractivity contribution in [3.63, 3.8) is 0 Å². The van der Waals surface area contributed by atoms with Gasteiger partial charge in [0.2, 0.25) is 5.88 Å². The fraction of sp³-hybridized carbons (Fsp3) is 0.429. The number of aromatic nitrogens is 1.